The molecule has 0 radical (unpaired) electrons. The van der Waals surface area contributed by atoms with Crippen molar-refractivity contribution in [3.8, 4) is 0 Å². The summed E-state index contributed by atoms with van der Waals surface area (Å²) in [5, 5.41) is 0. The Morgan fingerprint density at radius 3 is 2.03 bits per heavy atom. The highest BCUT2D eigenvalue weighted by Gasteiger charge is 2.59. The van der Waals surface area contributed by atoms with Gasteiger partial charge in [0, 0.05) is 19.8 Å². The molecule has 0 amide bonds. The molecule has 360 valence electrons. The predicted molar refractivity (Wildman–Crippen MR) is 269 cm³/mol. The first-order chi connectivity index (χ1) is 30.1. The number of allylic oxidation sites excluding steroid dienone is 4. The van der Waals surface area contributed by atoms with E-state index in [1.807, 2.05) is 0 Å². The minimum absolute atomic E-state index is 0.143. The number of rotatable bonds is 35. The van der Waals surface area contributed by atoms with Gasteiger partial charge in [-0.05, 0) is 163 Å². The van der Waals surface area contributed by atoms with E-state index in [2.05, 4.69) is 90.9 Å². The summed E-state index contributed by atoms with van der Waals surface area (Å²) in [6.45, 7) is 19.2. The van der Waals surface area contributed by atoms with Crippen LogP contribution in [0, 0.1) is 46.3 Å². The van der Waals surface area contributed by atoms with E-state index >= 15 is 0 Å². The van der Waals surface area contributed by atoms with Gasteiger partial charge in [-0.15, -0.1) is 0 Å². The van der Waals surface area contributed by atoms with E-state index in [0.717, 1.165) is 68.1 Å². The molecule has 4 nitrogen and oxygen atoms in total. The second-order valence-electron chi connectivity index (χ2n) is 22.6. The molecule has 0 aromatic rings. The van der Waals surface area contributed by atoms with Crippen LogP contribution in [0.25, 0.3) is 0 Å². The highest BCUT2D eigenvalue weighted by molar-refractivity contribution is 5.25. The molecule has 0 aliphatic heterocycles. The van der Waals surface area contributed by atoms with E-state index < -0.39 is 0 Å². The number of ether oxygens (including phenoxy) is 3. The lowest BCUT2D eigenvalue weighted by Gasteiger charge is -2.58. The van der Waals surface area contributed by atoms with Gasteiger partial charge in [0.05, 0.1) is 25.4 Å². The first kappa shape index (κ1) is 53.7. The monoisotopic (exact) mass is 864 g/mol. The lowest BCUT2D eigenvalue weighted by molar-refractivity contribution is -0.0641. The first-order valence-corrected chi connectivity index (χ1v) is 27.5. The summed E-state index contributed by atoms with van der Waals surface area (Å²) in [4.78, 5) is 2.22. The summed E-state index contributed by atoms with van der Waals surface area (Å²) in [5.74, 6) is 5.48. The average molecular weight is 864 g/mol. The van der Waals surface area contributed by atoms with Crippen molar-refractivity contribution in [2.24, 2.45) is 46.3 Å². The van der Waals surface area contributed by atoms with Crippen LogP contribution in [0.3, 0.4) is 0 Å². The largest absolute Gasteiger partial charge is 0.378 e. The lowest BCUT2D eigenvalue weighted by atomic mass is 9.47. The molecule has 0 N–H and O–H groups in total. The molecule has 0 saturated heterocycles. The van der Waals surface area contributed by atoms with Crippen molar-refractivity contribution in [2.75, 3.05) is 47.1 Å². The van der Waals surface area contributed by atoms with Crippen LogP contribution in [-0.4, -0.2) is 64.2 Å². The van der Waals surface area contributed by atoms with Crippen molar-refractivity contribution in [1.82, 2.24) is 4.90 Å². The van der Waals surface area contributed by atoms with Crippen molar-refractivity contribution in [3.05, 3.63) is 36.0 Å². The Balaban J connectivity index is 0.987. The average Bonchev–Trinajstić information content (AvgIpc) is 3.60. The molecule has 4 rings (SSSR count). The van der Waals surface area contributed by atoms with Crippen LogP contribution in [0.15, 0.2) is 36.0 Å². The van der Waals surface area contributed by atoms with Crippen molar-refractivity contribution in [2.45, 2.75) is 240 Å². The fraction of sp³-hybridized carbons (Fsp3) is 0.897. The maximum atomic E-state index is 6.61. The molecule has 62 heavy (non-hydrogen) atoms. The van der Waals surface area contributed by atoms with Gasteiger partial charge in [0.2, 0.25) is 0 Å². The zero-order valence-corrected chi connectivity index (χ0v) is 42.7. The second kappa shape index (κ2) is 30.4. The minimum atomic E-state index is 0.143. The van der Waals surface area contributed by atoms with Crippen LogP contribution in [-0.2, 0) is 14.2 Å². The summed E-state index contributed by atoms with van der Waals surface area (Å²) in [5.41, 5.74) is 2.79. The molecule has 0 aromatic carbocycles. The van der Waals surface area contributed by atoms with Gasteiger partial charge >= 0.3 is 0 Å². The Hall–Kier alpha value is -0.940. The number of unbranched alkanes of at least 4 members (excludes halogenated alkanes) is 15. The van der Waals surface area contributed by atoms with Crippen LogP contribution in [0.4, 0.5) is 0 Å². The fourth-order valence-corrected chi connectivity index (χ4v) is 13.2. The van der Waals surface area contributed by atoms with Crippen LogP contribution >= 0.6 is 0 Å². The number of hydrogen-bond donors (Lipinski definition) is 0. The zero-order valence-electron chi connectivity index (χ0n) is 42.7. The minimum Gasteiger partial charge on any atom is -0.378 e. The summed E-state index contributed by atoms with van der Waals surface area (Å²) in [6, 6.07) is 0. The molecular weight excluding hydrogens is 759 g/mol. The molecule has 3 fully saturated rings. The molecule has 1 unspecified atom stereocenters. The van der Waals surface area contributed by atoms with E-state index in [1.54, 1.807) is 5.57 Å². The van der Waals surface area contributed by atoms with Gasteiger partial charge in [-0.2, -0.15) is 0 Å². The van der Waals surface area contributed by atoms with Gasteiger partial charge in [-0.3, -0.25) is 0 Å². The SMILES string of the molecule is CCCCCCCC/C=C\CCCCCC=CCOC[C@@H](CN(C)C)OCCCCCCCCOC1CC[C@@]2(C)C(=CC[C@H]3[C@@H]4CC[C@H]([C@H](C)CCCC(C)C)[C@@]4(C)CC[C@@H]32)C1. The summed E-state index contributed by atoms with van der Waals surface area (Å²) >= 11 is 0. The molecule has 0 heterocycles. The Morgan fingerprint density at radius 2 is 1.34 bits per heavy atom. The van der Waals surface area contributed by atoms with E-state index in [1.165, 1.54) is 173 Å². The zero-order chi connectivity index (χ0) is 44.5. The van der Waals surface area contributed by atoms with E-state index in [0.29, 0.717) is 30.1 Å². The van der Waals surface area contributed by atoms with Gasteiger partial charge in [0.25, 0.3) is 0 Å². The van der Waals surface area contributed by atoms with Gasteiger partial charge in [-0.1, -0.05) is 161 Å². The normalized spacial score (nSPS) is 28.5. The molecule has 0 aromatic heterocycles. The van der Waals surface area contributed by atoms with E-state index in [9.17, 15) is 0 Å². The Kier molecular flexibility index (Phi) is 26.3. The highest BCUT2D eigenvalue weighted by atomic mass is 16.5. The third-order valence-corrected chi connectivity index (χ3v) is 16.9. The summed E-state index contributed by atoms with van der Waals surface area (Å²) in [7, 11) is 4.26. The van der Waals surface area contributed by atoms with Gasteiger partial charge in [0.15, 0.2) is 0 Å². The van der Waals surface area contributed by atoms with Gasteiger partial charge in [-0.25, -0.2) is 0 Å². The summed E-state index contributed by atoms with van der Waals surface area (Å²) < 4.78 is 18.9. The van der Waals surface area contributed by atoms with E-state index in [-0.39, 0.29) is 6.10 Å². The van der Waals surface area contributed by atoms with Gasteiger partial charge in [0.1, 0.15) is 0 Å². The molecular formula is C58H105NO3. The maximum absolute atomic E-state index is 6.61. The molecule has 0 spiro atoms. The summed E-state index contributed by atoms with van der Waals surface area (Å²) in [6.07, 6.45) is 51.5. The Labute approximate surface area is 387 Å². The highest BCUT2D eigenvalue weighted by Crippen LogP contribution is 2.67. The topological polar surface area (TPSA) is 30.9 Å². The maximum Gasteiger partial charge on any atom is 0.0934 e. The third kappa shape index (κ3) is 18.4. The molecule has 4 aliphatic rings. The van der Waals surface area contributed by atoms with Crippen LogP contribution in [0.1, 0.15) is 228 Å². The predicted octanol–water partition coefficient (Wildman–Crippen LogP) is 16.5. The first-order valence-electron chi connectivity index (χ1n) is 27.5. The number of nitrogens with zero attached hydrogens (tertiary/aromatic N) is 1. The molecule has 4 aliphatic carbocycles. The molecule has 9 atom stereocenters. The fourth-order valence-electron chi connectivity index (χ4n) is 13.2. The Bertz CT molecular complexity index is 1240. The second-order valence-corrected chi connectivity index (χ2v) is 22.6. The van der Waals surface area contributed by atoms with E-state index in [4.69, 9.17) is 14.2 Å². The van der Waals surface area contributed by atoms with Gasteiger partial charge < -0.3 is 19.1 Å². The lowest BCUT2D eigenvalue weighted by Crippen LogP contribution is -2.51. The van der Waals surface area contributed by atoms with Crippen LogP contribution < -0.4 is 0 Å². The smallest absolute Gasteiger partial charge is 0.0934 e. The quantitative estimate of drug-likeness (QED) is 0.0469. The van der Waals surface area contributed by atoms with Crippen LogP contribution in [0.5, 0.6) is 0 Å². The van der Waals surface area contributed by atoms with Crippen molar-refractivity contribution in [3.63, 3.8) is 0 Å². The number of hydrogen-bond acceptors (Lipinski definition) is 4. The molecule has 4 heteroatoms. The van der Waals surface area contributed by atoms with Crippen molar-refractivity contribution >= 4 is 0 Å². The standard InChI is InChI=1S/C58H105NO3/c1-9-10-11-12-13-14-15-16-17-18-19-20-21-22-25-28-42-60-47-52(46-59(7)8)62-44-30-27-24-23-26-29-43-61-51-38-40-57(5)50(45-51)34-35-53-55-37-36-54(49(4)33-31-32-48(2)3)58(55,6)41-39-56(53)57/h16-17,25,28,34,48-49,51-56H,9-15,18-24,26-27,29-33,35-47H2,1-8H3/b17-16-,28-25?/t49-,51?,52-,53+,54-,55+,56+,57+,58-/m1/s1. The third-order valence-electron chi connectivity index (χ3n) is 16.9. The van der Waals surface area contributed by atoms with Crippen molar-refractivity contribution < 1.29 is 14.2 Å². The number of fused-ring (bicyclic) bond motifs is 5. The van der Waals surface area contributed by atoms with Crippen molar-refractivity contribution in [1.29, 1.82) is 0 Å². The molecule has 3 saturated carbocycles. The number of likely N-dealkylation sites (N-methyl/N-ethyl adjacent to an activating group) is 1. The Morgan fingerprint density at radius 1 is 0.694 bits per heavy atom. The molecule has 0 bridgehead atoms. The van der Waals surface area contributed by atoms with Crippen LogP contribution in [0.2, 0.25) is 0 Å².